The van der Waals surface area contributed by atoms with Gasteiger partial charge >= 0.3 is 61.2 Å². The van der Waals surface area contributed by atoms with E-state index in [2.05, 4.69) is 9.97 Å². The molecule has 0 saturated heterocycles. The third-order valence-electron chi connectivity index (χ3n) is 0.801. The van der Waals surface area contributed by atoms with Crippen LogP contribution in [-0.2, 0) is 0 Å². The van der Waals surface area contributed by atoms with E-state index in [1.54, 1.807) is 6.20 Å². The fourth-order valence-electron chi connectivity index (χ4n) is 0.403. The van der Waals surface area contributed by atoms with Gasteiger partial charge in [0.05, 0.1) is 0 Å². The van der Waals surface area contributed by atoms with Crippen LogP contribution in [0.4, 0.5) is 0 Å². The van der Waals surface area contributed by atoms with Gasteiger partial charge in [0.2, 0.25) is 0 Å². The summed E-state index contributed by atoms with van der Waals surface area (Å²) in [7, 11) is 0. The molecule has 3 heteroatoms. The molecule has 8 heavy (non-hydrogen) atoms. The zero-order chi connectivity index (χ0) is 5.98. The first kappa shape index (κ1) is 6.01. The van der Waals surface area contributed by atoms with Crippen molar-refractivity contribution in [3.63, 3.8) is 0 Å². The van der Waals surface area contributed by atoms with Crippen LogP contribution in [0.1, 0.15) is 5.69 Å². The second-order valence-corrected chi connectivity index (χ2v) is 3.27. The minimum atomic E-state index is 0.989. The van der Waals surface area contributed by atoms with Crippen LogP contribution in [0, 0.1) is 6.92 Å². The molecular weight excluding hydrogens is 207 g/mol. The zero-order valence-electron chi connectivity index (χ0n) is 4.63. The molecule has 0 fully saturated rings. The summed E-state index contributed by atoms with van der Waals surface area (Å²) in [4.78, 5) is 8.12. The molecule has 0 aliphatic rings. The van der Waals surface area contributed by atoms with Gasteiger partial charge in [0.15, 0.2) is 0 Å². The minimum absolute atomic E-state index is 0.989. The van der Waals surface area contributed by atoms with Crippen molar-refractivity contribution in [1.29, 1.82) is 0 Å². The van der Waals surface area contributed by atoms with Crippen molar-refractivity contribution >= 4 is 26.2 Å². The molecule has 0 bridgehead atoms. The normalized spacial score (nSPS) is 9.25. The first-order valence-corrected chi connectivity index (χ1v) is 3.98. The maximum absolute atomic E-state index is 4.07. The van der Waals surface area contributed by atoms with Crippen LogP contribution >= 0.6 is 0 Å². The van der Waals surface area contributed by atoms with E-state index in [1.807, 2.05) is 13.1 Å². The van der Waals surface area contributed by atoms with Crippen LogP contribution < -0.4 is 3.71 Å². The van der Waals surface area contributed by atoms with Gasteiger partial charge in [0.25, 0.3) is 0 Å². The van der Waals surface area contributed by atoms with Crippen molar-refractivity contribution in [2.45, 2.75) is 6.92 Å². The quantitative estimate of drug-likeness (QED) is 0.533. The molecule has 0 unspecified atom stereocenters. The molecule has 2 radical (unpaired) electrons. The van der Waals surface area contributed by atoms with Crippen molar-refractivity contribution in [3.05, 3.63) is 18.1 Å². The number of aromatic nitrogens is 2. The van der Waals surface area contributed by atoms with Crippen LogP contribution in [0.25, 0.3) is 0 Å². The Balaban J connectivity index is 3.03. The standard InChI is InChI=1S/C5H5N2.Sn.H/c1-5-4-6-2-3-7-5;;/h3-4H,1H3;;. The number of aryl methyl sites for hydroxylation is 1. The van der Waals surface area contributed by atoms with Crippen LogP contribution in [-0.4, -0.2) is 32.5 Å². The molecule has 0 aliphatic carbocycles. The Hall–Kier alpha value is -0.121. The number of nitrogens with zero attached hydrogens (tertiary/aromatic N) is 2. The van der Waals surface area contributed by atoms with Gasteiger partial charge in [-0.1, -0.05) is 0 Å². The van der Waals surface area contributed by atoms with Crippen molar-refractivity contribution in [2.24, 2.45) is 0 Å². The Kier molecular flexibility index (Phi) is 1.83. The van der Waals surface area contributed by atoms with Crippen LogP contribution in [0.5, 0.6) is 0 Å². The molecule has 0 N–H and O–H groups in total. The molecule has 1 heterocycles. The van der Waals surface area contributed by atoms with E-state index in [1.165, 1.54) is 0 Å². The molecule has 1 rings (SSSR count). The summed E-state index contributed by atoms with van der Waals surface area (Å²) in [5.41, 5.74) is 0.989. The molecule has 0 atom stereocenters. The van der Waals surface area contributed by atoms with Crippen molar-refractivity contribution in [1.82, 2.24) is 9.97 Å². The van der Waals surface area contributed by atoms with Gasteiger partial charge in [-0.15, -0.1) is 0 Å². The monoisotopic (exact) mass is 214 g/mol. The molecule has 40 valence electrons. The van der Waals surface area contributed by atoms with Crippen molar-refractivity contribution in [2.75, 3.05) is 0 Å². The van der Waals surface area contributed by atoms with Crippen LogP contribution in [0.3, 0.4) is 0 Å². The van der Waals surface area contributed by atoms with Gasteiger partial charge in [-0.2, -0.15) is 0 Å². The molecule has 0 spiro atoms. The Morgan fingerprint density at radius 1 is 1.38 bits per heavy atom. The molecular formula is C5H6N2Sn. The van der Waals surface area contributed by atoms with Crippen molar-refractivity contribution < 1.29 is 0 Å². The first-order valence-electron chi connectivity index (χ1n) is 2.33. The third kappa shape index (κ3) is 1.43. The summed E-state index contributed by atoms with van der Waals surface area (Å²) >= 11 is 1.06. The zero-order valence-corrected chi connectivity index (χ0v) is 7.92. The Bertz CT molecular complexity index is 149. The molecule has 0 amide bonds. The number of rotatable bonds is 0. The second-order valence-electron chi connectivity index (χ2n) is 1.58. The second kappa shape index (κ2) is 2.44. The maximum atomic E-state index is 4.07. The van der Waals surface area contributed by atoms with Crippen LogP contribution in [0.2, 0.25) is 0 Å². The van der Waals surface area contributed by atoms with Crippen molar-refractivity contribution in [3.8, 4) is 0 Å². The van der Waals surface area contributed by atoms with E-state index >= 15 is 0 Å². The van der Waals surface area contributed by atoms with Gasteiger partial charge in [0.1, 0.15) is 0 Å². The van der Waals surface area contributed by atoms with Gasteiger partial charge < -0.3 is 0 Å². The molecule has 1 aromatic rings. The summed E-state index contributed by atoms with van der Waals surface area (Å²) < 4.78 is 1.10. The number of hydrogen-bond acceptors (Lipinski definition) is 2. The Labute approximate surface area is 61.4 Å². The molecule has 0 aromatic carbocycles. The average Bonchev–Trinajstić information content (AvgIpc) is 1.77. The average molecular weight is 213 g/mol. The number of hydrogen-bond donors (Lipinski definition) is 0. The summed E-state index contributed by atoms with van der Waals surface area (Å²) in [6.45, 7) is 1.94. The van der Waals surface area contributed by atoms with Gasteiger partial charge in [-0.25, -0.2) is 0 Å². The fraction of sp³-hybridized carbons (Fsp3) is 0.200. The summed E-state index contributed by atoms with van der Waals surface area (Å²) in [6.07, 6.45) is 3.61. The Morgan fingerprint density at radius 3 is 2.50 bits per heavy atom. The predicted octanol–water partition coefficient (Wildman–Crippen LogP) is -0.689. The SMILES string of the molecule is Cc1cn[c]([SnH])cn1. The van der Waals surface area contributed by atoms with Gasteiger partial charge in [-0.3, -0.25) is 0 Å². The van der Waals surface area contributed by atoms with Crippen LogP contribution in [0.15, 0.2) is 12.4 Å². The van der Waals surface area contributed by atoms with Gasteiger partial charge in [0, 0.05) is 0 Å². The van der Waals surface area contributed by atoms with Gasteiger partial charge in [-0.05, 0) is 0 Å². The topological polar surface area (TPSA) is 25.8 Å². The molecule has 0 aliphatic heterocycles. The van der Waals surface area contributed by atoms with E-state index < -0.39 is 0 Å². The third-order valence-corrected chi connectivity index (χ3v) is 1.65. The van der Waals surface area contributed by atoms with E-state index in [4.69, 9.17) is 0 Å². The summed E-state index contributed by atoms with van der Waals surface area (Å²) in [6, 6.07) is 0. The van der Waals surface area contributed by atoms with E-state index in [0.717, 1.165) is 31.9 Å². The summed E-state index contributed by atoms with van der Waals surface area (Å²) in [5.74, 6) is 0. The molecule has 2 nitrogen and oxygen atoms in total. The fourth-order valence-corrected chi connectivity index (χ4v) is 0.828. The molecule has 1 aromatic heterocycles. The first-order chi connectivity index (χ1) is 3.79. The molecule has 0 saturated carbocycles. The summed E-state index contributed by atoms with van der Waals surface area (Å²) in [5, 5.41) is 0. The van der Waals surface area contributed by atoms with E-state index in [0.29, 0.717) is 0 Å². The predicted molar refractivity (Wildman–Crippen MR) is 33.6 cm³/mol. The van der Waals surface area contributed by atoms with E-state index in [9.17, 15) is 0 Å². The van der Waals surface area contributed by atoms with E-state index in [-0.39, 0.29) is 0 Å². The Morgan fingerprint density at radius 2 is 2.12 bits per heavy atom.